The molecule has 128 valence electrons. The van der Waals surface area contributed by atoms with Gasteiger partial charge in [0.15, 0.2) is 0 Å². The number of pyridine rings is 1. The highest BCUT2D eigenvalue weighted by molar-refractivity contribution is 6.29. The van der Waals surface area contributed by atoms with E-state index in [9.17, 15) is 18.0 Å². The van der Waals surface area contributed by atoms with Crippen LogP contribution in [-0.2, 0) is 11.2 Å². The van der Waals surface area contributed by atoms with Crippen molar-refractivity contribution in [2.75, 3.05) is 26.2 Å². The third-order valence-electron chi connectivity index (χ3n) is 3.94. The van der Waals surface area contributed by atoms with Gasteiger partial charge in [0.2, 0.25) is 5.91 Å². The molecular weight excluding hydrogens is 331 g/mol. The largest absolute Gasteiger partial charge is 0.401 e. The predicted octanol–water partition coefficient (Wildman–Crippen LogP) is 2.76. The summed E-state index contributed by atoms with van der Waals surface area (Å²) in [4.78, 5) is 19.3. The maximum absolute atomic E-state index is 12.6. The van der Waals surface area contributed by atoms with Crippen molar-refractivity contribution in [3.8, 4) is 0 Å². The summed E-state index contributed by atoms with van der Waals surface area (Å²) in [5, 5.41) is 0.350. The van der Waals surface area contributed by atoms with E-state index in [1.807, 2.05) is 0 Å². The molecule has 0 spiro atoms. The summed E-state index contributed by atoms with van der Waals surface area (Å²) in [6.07, 6.45) is -2.54. The molecule has 0 aromatic carbocycles. The SMILES string of the molecule is CC1(C)CN(C(=O)Cc2ccc(Cl)nc2)CCN1CC(F)(F)F. The first-order valence-corrected chi connectivity index (χ1v) is 7.65. The molecule has 1 aliphatic rings. The minimum absolute atomic E-state index is 0.117. The Morgan fingerprint density at radius 1 is 1.35 bits per heavy atom. The molecule has 0 unspecified atom stereocenters. The summed E-state index contributed by atoms with van der Waals surface area (Å²) in [6.45, 7) is 3.26. The molecule has 1 aromatic heterocycles. The molecule has 1 aliphatic heterocycles. The van der Waals surface area contributed by atoms with E-state index in [0.717, 1.165) is 5.56 Å². The second kappa shape index (κ2) is 6.65. The van der Waals surface area contributed by atoms with E-state index in [2.05, 4.69) is 4.98 Å². The monoisotopic (exact) mass is 349 g/mol. The Hall–Kier alpha value is -1.34. The van der Waals surface area contributed by atoms with Crippen molar-refractivity contribution >= 4 is 17.5 Å². The summed E-state index contributed by atoms with van der Waals surface area (Å²) in [6, 6.07) is 3.33. The topological polar surface area (TPSA) is 36.4 Å². The Morgan fingerprint density at radius 3 is 2.57 bits per heavy atom. The Balaban J connectivity index is 1.98. The van der Waals surface area contributed by atoms with Crippen molar-refractivity contribution in [1.29, 1.82) is 0 Å². The van der Waals surface area contributed by atoms with Crippen LogP contribution in [0.15, 0.2) is 18.3 Å². The first-order chi connectivity index (χ1) is 10.6. The van der Waals surface area contributed by atoms with Crippen LogP contribution >= 0.6 is 11.6 Å². The van der Waals surface area contributed by atoms with Crippen LogP contribution in [0.4, 0.5) is 13.2 Å². The molecule has 0 saturated carbocycles. The number of carbonyl (C=O) groups excluding carboxylic acids is 1. The number of rotatable bonds is 3. The summed E-state index contributed by atoms with van der Waals surface area (Å²) < 4.78 is 37.9. The molecule has 23 heavy (non-hydrogen) atoms. The molecule has 0 bridgehead atoms. The van der Waals surface area contributed by atoms with Crippen LogP contribution in [0.25, 0.3) is 0 Å². The number of piperazine rings is 1. The van der Waals surface area contributed by atoms with Crippen LogP contribution in [0.1, 0.15) is 19.4 Å². The average Bonchev–Trinajstić information content (AvgIpc) is 2.42. The zero-order chi connectivity index (χ0) is 17.3. The Bertz CT molecular complexity index is 560. The highest BCUT2D eigenvalue weighted by atomic mass is 35.5. The fourth-order valence-electron chi connectivity index (χ4n) is 2.71. The lowest BCUT2D eigenvalue weighted by Crippen LogP contribution is -2.62. The van der Waals surface area contributed by atoms with Gasteiger partial charge in [0.05, 0.1) is 13.0 Å². The van der Waals surface area contributed by atoms with Crippen LogP contribution in [-0.4, -0.2) is 58.6 Å². The van der Waals surface area contributed by atoms with Crippen LogP contribution in [0.5, 0.6) is 0 Å². The highest BCUT2D eigenvalue weighted by Gasteiger charge is 2.41. The molecular formula is C15H19ClF3N3O. The Morgan fingerprint density at radius 2 is 2.04 bits per heavy atom. The predicted molar refractivity (Wildman–Crippen MR) is 81.2 cm³/mol. The van der Waals surface area contributed by atoms with E-state index < -0.39 is 18.3 Å². The maximum atomic E-state index is 12.6. The first kappa shape index (κ1) is 18.0. The lowest BCUT2D eigenvalue weighted by molar-refractivity contribution is -0.167. The molecule has 0 radical (unpaired) electrons. The van der Waals surface area contributed by atoms with Crippen molar-refractivity contribution < 1.29 is 18.0 Å². The summed E-state index contributed by atoms with van der Waals surface area (Å²) in [7, 11) is 0. The smallest absolute Gasteiger partial charge is 0.339 e. The van der Waals surface area contributed by atoms with Gasteiger partial charge < -0.3 is 4.90 Å². The number of halogens is 4. The van der Waals surface area contributed by atoms with Crippen molar-refractivity contribution in [3.63, 3.8) is 0 Å². The van der Waals surface area contributed by atoms with Gasteiger partial charge >= 0.3 is 6.18 Å². The molecule has 4 nitrogen and oxygen atoms in total. The van der Waals surface area contributed by atoms with Gasteiger partial charge in [0, 0.05) is 31.4 Å². The number of alkyl halides is 3. The standard InChI is InChI=1S/C15H19ClF3N3O/c1-14(2)9-21(5-6-22(14)10-15(17,18)19)13(23)7-11-3-4-12(16)20-8-11/h3-4,8H,5-7,9-10H2,1-2H3. The molecule has 0 N–H and O–H groups in total. The fraction of sp³-hybridized carbons (Fsp3) is 0.600. The van der Waals surface area contributed by atoms with Gasteiger partial charge in [-0.2, -0.15) is 13.2 Å². The van der Waals surface area contributed by atoms with Crippen molar-refractivity contribution in [1.82, 2.24) is 14.8 Å². The second-order valence-corrected chi connectivity index (χ2v) is 6.72. The zero-order valence-corrected chi connectivity index (χ0v) is 13.8. The van der Waals surface area contributed by atoms with Crippen LogP contribution in [0.3, 0.4) is 0 Å². The van der Waals surface area contributed by atoms with Gasteiger partial charge in [-0.15, -0.1) is 0 Å². The number of aromatic nitrogens is 1. The quantitative estimate of drug-likeness (QED) is 0.787. The highest BCUT2D eigenvalue weighted by Crippen LogP contribution is 2.26. The molecule has 0 atom stereocenters. The normalized spacial score (nSPS) is 19.0. The molecule has 1 saturated heterocycles. The summed E-state index contributed by atoms with van der Waals surface area (Å²) >= 11 is 5.70. The molecule has 1 aromatic rings. The van der Waals surface area contributed by atoms with Crippen molar-refractivity contribution in [2.45, 2.75) is 32.0 Å². The summed E-state index contributed by atoms with van der Waals surface area (Å²) in [5.41, 5.74) is 0.0109. The number of amides is 1. The van der Waals surface area contributed by atoms with E-state index in [1.54, 1.807) is 30.9 Å². The molecule has 2 heterocycles. The molecule has 2 rings (SSSR count). The molecule has 1 amide bonds. The first-order valence-electron chi connectivity index (χ1n) is 7.27. The van der Waals surface area contributed by atoms with Gasteiger partial charge in [0.1, 0.15) is 5.15 Å². The van der Waals surface area contributed by atoms with Crippen LogP contribution in [0, 0.1) is 0 Å². The number of nitrogens with zero attached hydrogens (tertiary/aromatic N) is 3. The van der Waals surface area contributed by atoms with Crippen molar-refractivity contribution in [2.24, 2.45) is 0 Å². The third kappa shape index (κ3) is 5.07. The second-order valence-electron chi connectivity index (χ2n) is 6.33. The minimum atomic E-state index is -4.24. The number of hydrogen-bond acceptors (Lipinski definition) is 3. The minimum Gasteiger partial charge on any atom is -0.339 e. The summed E-state index contributed by atoms with van der Waals surface area (Å²) in [5.74, 6) is -0.117. The average molecular weight is 350 g/mol. The van der Waals surface area contributed by atoms with E-state index in [1.165, 1.54) is 11.1 Å². The number of carbonyl (C=O) groups is 1. The Labute approximate surface area is 138 Å². The van der Waals surface area contributed by atoms with E-state index in [4.69, 9.17) is 11.6 Å². The van der Waals surface area contributed by atoms with Crippen LogP contribution < -0.4 is 0 Å². The maximum Gasteiger partial charge on any atom is 0.401 e. The lowest BCUT2D eigenvalue weighted by atomic mass is 9.98. The van der Waals surface area contributed by atoms with Gasteiger partial charge in [-0.25, -0.2) is 4.98 Å². The molecule has 1 fully saturated rings. The van der Waals surface area contributed by atoms with Gasteiger partial charge in [-0.1, -0.05) is 17.7 Å². The fourth-order valence-corrected chi connectivity index (χ4v) is 2.82. The molecule has 8 heteroatoms. The number of hydrogen-bond donors (Lipinski definition) is 0. The zero-order valence-electron chi connectivity index (χ0n) is 13.0. The van der Waals surface area contributed by atoms with E-state index in [-0.39, 0.29) is 25.4 Å². The third-order valence-corrected chi connectivity index (χ3v) is 4.16. The molecule has 0 aliphatic carbocycles. The van der Waals surface area contributed by atoms with Crippen molar-refractivity contribution in [3.05, 3.63) is 29.0 Å². The van der Waals surface area contributed by atoms with E-state index >= 15 is 0 Å². The van der Waals surface area contributed by atoms with Gasteiger partial charge in [-0.05, 0) is 25.5 Å². The van der Waals surface area contributed by atoms with Gasteiger partial charge in [0.25, 0.3) is 0 Å². The van der Waals surface area contributed by atoms with Crippen LogP contribution in [0.2, 0.25) is 5.15 Å². The lowest BCUT2D eigenvalue weighted by Gasteiger charge is -2.47. The van der Waals surface area contributed by atoms with Gasteiger partial charge in [-0.3, -0.25) is 9.69 Å². The Kier molecular flexibility index (Phi) is 5.20. The van der Waals surface area contributed by atoms with E-state index in [0.29, 0.717) is 11.7 Å².